The van der Waals surface area contributed by atoms with Crippen molar-refractivity contribution in [3.63, 3.8) is 0 Å². The number of methoxy groups -OCH3 is 2. The Kier molecular flexibility index (Phi) is 6.48. The van der Waals surface area contributed by atoms with Gasteiger partial charge in [-0.1, -0.05) is 36.4 Å². The van der Waals surface area contributed by atoms with Crippen LogP contribution >= 0.6 is 0 Å². The number of nitrogens with zero attached hydrogens (tertiary/aromatic N) is 3. The van der Waals surface area contributed by atoms with E-state index in [4.69, 9.17) is 14.6 Å². The van der Waals surface area contributed by atoms with Gasteiger partial charge in [-0.05, 0) is 48.5 Å². The van der Waals surface area contributed by atoms with E-state index in [2.05, 4.69) is 0 Å². The Balaban J connectivity index is 1.91. The highest BCUT2D eigenvalue weighted by molar-refractivity contribution is 7.95. The molecule has 4 aromatic rings. The molecule has 0 saturated heterocycles. The molecule has 0 unspecified atom stereocenters. The fourth-order valence-corrected chi connectivity index (χ4v) is 4.62. The third-order valence-electron chi connectivity index (χ3n) is 5.16. The molecule has 0 atom stereocenters. The number of rotatable bonds is 7. The third-order valence-corrected chi connectivity index (χ3v) is 6.84. The summed E-state index contributed by atoms with van der Waals surface area (Å²) in [6.45, 7) is 0. The molecule has 4 rings (SSSR count). The Morgan fingerprint density at radius 1 is 0.941 bits per heavy atom. The number of benzene rings is 3. The van der Waals surface area contributed by atoms with E-state index in [-0.39, 0.29) is 9.80 Å². The molecule has 8 heteroatoms. The molecule has 7 nitrogen and oxygen atoms in total. The van der Waals surface area contributed by atoms with Crippen LogP contribution in [0.4, 0.5) is 0 Å². The van der Waals surface area contributed by atoms with Gasteiger partial charge >= 0.3 is 0 Å². The van der Waals surface area contributed by atoms with Gasteiger partial charge in [0.05, 0.1) is 24.8 Å². The summed E-state index contributed by atoms with van der Waals surface area (Å²) in [6, 6.07) is 24.4. The lowest BCUT2D eigenvalue weighted by molar-refractivity contribution is 0.355. The molecule has 0 aliphatic rings. The quantitative estimate of drug-likeness (QED) is 0.356. The molecule has 0 saturated carbocycles. The monoisotopic (exact) mass is 471 g/mol. The van der Waals surface area contributed by atoms with Gasteiger partial charge in [0.15, 0.2) is 11.5 Å². The standard InChI is InChI=1S/C26H21N3O4S/c1-32-24-14-13-19(16-25(24)33-2)26-20(18-29(28-26)21-9-5-3-6-10-21)15-23(17-27)34(30,31)22-11-7-4-8-12-22/h3-16,18H,1-2H3/b23-15+. The maximum atomic E-state index is 13.1. The summed E-state index contributed by atoms with van der Waals surface area (Å²) in [5.41, 5.74) is 2.41. The highest BCUT2D eigenvalue weighted by atomic mass is 32.2. The first-order chi connectivity index (χ1) is 16.5. The Bertz CT molecular complexity index is 1490. The van der Waals surface area contributed by atoms with Crippen LogP contribution in [-0.4, -0.2) is 32.4 Å². The Labute approximate surface area is 198 Å². The van der Waals surface area contributed by atoms with Gasteiger partial charge in [-0.25, -0.2) is 13.1 Å². The van der Waals surface area contributed by atoms with E-state index >= 15 is 0 Å². The van der Waals surface area contributed by atoms with Crippen LogP contribution < -0.4 is 9.47 Å². The van der Waals surface area contributed by atoms with E-state index in [1.807, 2.05) is 36.4 Å². The van der Waals surface area contributed by atoms with Crippen LogP contribution in [0.1, 0.15) is 5.56 Å². The molecule has 0 aliphatic carbocycles. The van der Waals surface area contributed by atoms with Gasteiger partial charge in [0.1, 0.15) is 16.7 Å². The van der Waals surface area contributed by atoms with Gasteiger partial charge in [-0.15, -0.1) is 0 Å². The molecule has 3 aromatic carbocycles. The zero-order chi connectivity index (χ0) is 24.1. The second-order valence-electron chi connectivity index (χ2n) is 7.22. The largest absolute Gasteiger partial charge is 0.493 e. The maximum Gasteiger partial charge on any atom is 0.216 e. The SMILES string of the molecule is COc1ccc(-c2nn(-c3ccccc3)cc2/C=C(\C#N)S(=O)(=O)c2ccccc2)cc1OC. The van der Waals surface area contributed by atoms with Crippen molar-refractivity contribution < 1.29 is 17.9 Å². The summed E-state index contributed by atoms with van der Waals surface area (Å²) in [6.07, 6.45) is 3.04. The molecule has 1 heterocycles. The predicted molar refractivity (Wildman–Crippen MR) is 129 cm³/mol. The zero-order valence-corrected chi connectivity index (χ0v) is 19.4. The lowest BCUT2D eigenvalue weighted by Crippen LogP contribution is -2.03. The second kappa shape index (κ2) is 9.65. The lowest BCUT2D eigenvalue weighted by atomic mass is 10.1. The van der Waals surface area contributed by atoms with Gasteiger partial charge in [0.25, 0.3) is 0 Å². The fourth-order valence-electron chi connectivity index (χ4n) is 3.45. The maximum absolute atomic E-state index is 13.1. The van der Waals surface area contributed by atoms with E-state index in [9.17, 15) is 13.7 Å². The molecular weight excluding hydrogens is 450 g/mol. The highest BCUT2D eigenvalue weighted by Crippen LogP contribution is 2.34. The number of para-hydroxylation sites is 1. The smallest absolute Gasteiger partial charge is 0.216 e. The van der Waals surface area contributed by atoms with Crippen LogP contribution in [0.15, 0.2) is 94.9 Å². The molecule has 1 aromatic heterocycles. The predicted octanol–water partition coefficient (Wildman–Crippen LogP) is 4.89. The van der Waals surface area contributed by atoms with Crippen LogP contribution in [0.5, 0.6) is 11.5 Å². The molecule has 0 aliphatic heterocycles. The van der Waals surface area contributed by atoms with Crippen LogP contribution in [-0.2, 0) is 9.84 Å². The summed E-state index contributed by atoms with van der Waals surface area (Å²) in [5, 5.41) is 14.5. The van der Waals surface area contributed by atoms with Crippen molar-refractivity contribution in [3.05, 3.63) is 95.5 Å². The van der Waals surface area contributed by atoms with Crippen molar-refractivity contribution in [1.82, 2.24) is 9.78 Å². The van der Waals surface area contributed by atoms with Crippen LogP contribution in [0.3, 0.4) is 0 Å². The van der Waals surface area contributed by atoms with Crippen molar-refractivity contribution in [2.45, 2.75) is 4.90 Å². The summed E-state index contributed by atoms with van der Waals surface area (Å²) in [4.78, 5) is -0.334. The Morgan fingerprint density at radius 3 is 2.21 bits per heavy atom. The molecule has 170 valence electrons. The minimum absolute atomic E-state index is 0.0471. The van der Waals surface area contributed by atoms with E-state index in [0.717, 1.165) is 5.69 Å². The molecule has 34 heavy (non-hydrogen) atoms. The number of hydrogen-bond acceptors (Lipinski definition) is 6. The van der Waals surface area contributed by atoms with Crippen LogP contribution in [0.25, 0.3) is 23.0 Å². The topological polar surface area (TPSA) is 94.2 Å². The number of ether oxygens (including phenoxy) is 2. The van der Waals surface area contributed by atoms with E-state index < -0.39 is 9.84 Å². The molecular formula is C26H21N3O4S. The van der Waals surface area contributed by atoms with Gasteiger partial charge in [0, 0.05) is 17.3 Å². The molecule has 0 amide bonds. The normalized spacial score (nSPS) is 11.6. The summed E-state index contributed by atoms with van der Waals surface area (Å²) in [5.74, 6) is 1.05. The fraction of sp³-hybridized carbons (Fsp3) is 0.0769. The van der Waals surface area contributed by atoms with Crippen molar-refractivity contribution >= 4 is 15.9 Å². The van der Waals surface area contributed by atoms with Crippen molar-refractivity contribution in [3.8, 4) is 34.5 Å². The van der Waals surface area contributed by atoms with Crippen molar-refractivity contribution in [2.75, 3.05) is 14.2 Å². The van der Waals surface area contributed by atoms with E-state index in [0.29, 0.717) is 28.3 Å². The minimum Gasteiger partial charge on any atom is -0.493 e. The molecule has 0 radical (unpaired) electrons. The average molecular weight is 472 g/mol. The average Bonchev–Trinajstić information content (AvgIpc) is 3.31. The molecule has 0 spiro atoms. The Hall–Kier alpha value is -4.35. The van der Waals surface area contributed by atoms with Gasteiger partial charge in [-0.2, -0.15) is 10.4 Å². The van der Waals surface area contributed by atoms with E-state index in [1.165, 1.54) is 25.3 Å². The first-order valence-corrected chi connectivity index (χ1v) is 11.8. The second-order valence-corrected chi connectivity index (χ2v) is 9.14. The number of nitriles is 1. The van der Waals surface area contributed by atoms with Gasteiger partial charge in [-0.3, -0.25) is 0 Å². The summed E-state index contributed by atoms with van der Waals surface area (Å²) >= 11 is 0. The number of aromatic nitrogens is 2. The number of hydrogen-bond donors (Lipinski definition) is 0. The van der Waals surface area contributed by atoms with Gasteiger partial charge < -0.3 is 9.47 Å². The zero-order valence-electron chi connectivity index (χ0n) is 18.5. The summed E-state index contributed by atoms with van der Waals surface area (Å²) in [7, 11) is -0.931. The third kappa shape index (κ3) is 4.42. The molecule has 0 bridgehead atoms. The van der Waals surface area contributed by atoms with Crippen molar-refractivity contribution in [1.29, 1.82) is 5.26 Å². The van der Waals surface area contributed by atoms with Crippen molar-refractivity contribution in [2.24, 2.45) is 0 Å². The summed E-state index contributed by atoms with van der Waals surface area (Å²) < 4.78 is 38.6. The number of sulfone groups is 1. The first kappa shape index (κ1) is 22.8. The highest BCUT2D eigenvalue weighted by Gasteiger charge is 2.22. The van der Waals surface area contributed by atoms with E-state index in [1.54, 1.807) is 54.4 Å². The first-order valence-electron chi connectivity index (χ1n) is 10.3. The Morgan fingerprint density at radius 2 is 1.59 bits per heavy atom. The van der Waals surface area contributed by atoms with Crippen LogP contribution in [0, 0.1) is 11.3 Å². The molecule has 0 fully saturated rings. The molecule has 0 N–H and O–H groups in total. The number of allylic oxidation sites excluding steroid dienone is 1. The minimum atomic E-state index is -4.01. The van der Waals surface area contributed by atoms with Gasteiger partial charge in [0.2, 0.25) is 9.84 Å². The lowest BCUT2D eigenvalue weighted by Gasteiger charge is -2.09. The van der Waals surface area contributed by atoms with Crippen LogP contribution in [0.2, 0.25) is 0 Å².